The summed E-state index contributed by atoms with van der Waals surface area (Å²) in [5, 5.41) is 10.4. The molecule has 2 aromatic rings. The van der Waals surface area contributed by atoms with Gasteiger partial charge in [0.25, 0.3) is 0 Å². The van der Waals surface area contributed by atoms with Gasteiger partial charge in [-0.2, -0.15) is 5.10 Å². The van der Waals surface area contributed by atoms with Gasteiger partial charge < -0.3 is 5.32 Å². The fraction of sp³-hybridized carbons (Fsp3) is 0.600. The Morgan fingerprint density at radius 1 is 1.12 bits per heavy atom. The zero-order valence-corrected chi connectivity index (χ0v) is 14.9. The van der Waals surface area contributed by atoms with Crippen LogP contribution in [-0.4, -0.2) is 32.6 Å². The highest BCUT2D eigenvalue weighted by molar-refractivity contribution is 5.83. The Morgan fingerprint density at radius 2 is 1.77 bits per heavy atom. The van der Waals surface area contributed by atoms with Crippen molar-refractivity contribution >= 4 is 5.91 Å². The van der Waals surface area contributed by atoms with E-state index < -0.39 is 0 Å². The first kappa shape index (κ1) is 16.0. The summed E-state index contributed by atoms with van der Waals surface area (Å²) in [6.07, 6.45) is 11.6. The number of carbonyl (C=O) groups is 1. The zero-order chi connectivity index (χ0) is 17.6. The minimum atomic E-state index is -0.0711. The second kappa shape index (κ2) is 6.18. The third-order valence-corrected chi connectivity index (χ3v) is 6.64. The second-order valence-corrected chi connectivity index (χ2v) is 8.55. The molecule has 26 heavy (non-hydrogen) atoms. The number of rotatable bonds is 5. The smallest absolute Gasteiger partial charge is 0.226 e. The highest BCUT2D eigenvalue weighted by Gasteiger charge is 2.54. The van der Waals surface area contributed by atoms with Crippen molar-refractivity contribution in [1.29, 1.82) is 0 Å². The second-order valence-electron chi connectivity index (χ2n) is 8.55. The number of hydrogen-bond donors (Lipinski definition) is 2. The zero-order valence-electron chi connectivity index (χ0n) is 14.9. The Balaban J connectivity index is 1.19. The van der Waals surface area contributed by atoms with Gasteiger partial charge in [-0.3, -0.25) is 14.9 Å². The molecule has 0 radical (unpaired) electrons. The summed E-state index contributed by atoms with van der Waals surface area (Å²) < 4.78 is 0. The van der Waals surface area contributed by atoms with Crippen molar-refractivity contribution in [1.82, 2.24) is 25.5 Å². The Bertz CT molecular complexity index is 764. The molecule has 0 aliphatic heterocycles. The molecule has 1 amide bonds. The molecule has 4 aliphatic carbocycles. The van der Waals surface area contributed by atoms with Gasteiger partial charge in [0.05, 0.1) is 0 Å². The average molecular weight is 351 g/mol. The molecule has 4 fully saturated rings. The number of H-pyrrole nitrogens is 1. The first-order valence-corrected chi connectivity index (χ1v) is 9.80. The first-order chi connectivity index (χ1) is 12.7. The van der Waals surface area contributed by atoms with Crippen molar-refractivity contribution in [3.8, 4) is 11.4 Å². The molecule has 0 atom stereocenters. The summed E-state index contributed by atoms with van der Waals surface area (Å²) in [4.78, 5) is 21.5. The van der Waals surface area contributed by atoms with Crippen molar-refractivity contribution in [3.05, 3.63) is 30.4 Å². The molecule has 0 saturated heterocycles. The van der Waals surface area contributed by atoms with E-state index in [2.05, 4.69) is 25.5 Å². The highest BCUT2D eigenvalue weighted by atomic mass is 16.2. The molecule has 2 N–H and O–H groups in total. The molecule has 0 aromatic carbocycles. The van der Waals surface area contributed by atoms with Crippen LogP contribution in [0.15, 0.2) is 24.5 Å². The van der Waals surface area contributed by atoms with E-state index in [1.165, 1.54) is 19.3 Å². The number of aromatic nitrogens is 4. The maximum atomic E-state index is 12.9. The predicted molar refractivity (Wildman–Crippen MR) is 96.9 cm³/mol. The summed E-state index contributed by atoms with van der Waals surface area (Å²) in [5.41, 5.74) is 0.873. The van der Waals surface area contributed by atoms with E-state index in [4.69, 9.17) is 0 Å². The molecule has 0 unspecified atom stereocenters. The van der Waals surface area contributed by atoms with E-state index in [9.17, 15) is 4.79 Å². The molecule has 6 rings (SSSR count). The van der Waals surface area contributed by atoms with Crippen molar-refractivity contribution < 1.29 is 4.79 Å². The lowest BCUT2D eigenvalue weighted by molar-refractivity contribution is -0.146. The molecular formula is C20H25N5O. The number of hydrogen-bond acceptors (Lipinski definition) is 4. The minimum Gasteiger partial charge on any atom is -0.355 e. The van der Waals surface area contributed by atoms with Crippen LogP contribution in [0.25, 0.3) is 11.4 Å². The lowest BCUT2D eigenvalue weighted by Gasteiger charge is -2.55. The van der Waals surface area contributed by atoms with Crippen LogP contribution in [-0.2, 0) is 11.2 Å². The van der Waals surface area contributed by atoms with Crippen LogP contribution in [0.3, 0.4) is 0 Å². The van der Waals surface area contributed by atoms with Crippen LogP contribution in [0.4, 0.5) is 0 Å². The van der Waals surface area contributed by atoms with Gasteiger partial charge in [-0.1, -0.05) is 0 Å². The topological polar surface area (TPSA) is 83.6 Å². The Morgan fingerprint density at radius 3 is 2.42 bits per heavy atom. The van der Waals surface area contributed by atoms with Gasteiger partial charge in [0.15, 0.2) is 5.82 Å². The van der Waals surface area contributed by atoms with Crippen molar-refractivity contribution in [2.24, 2.45) is 23.2 Å². The van der Waals surface area contributed by atoms with E-state index >= 15 is 0 Å². The number of carbonyl (C=O) groups excluding carboxylic acids is 1. The van der Waals surface area contributed by atoms with Crippen molar-refractivity contribution in [2.45, 2.75) is 44.9 Å². The molecule has 4 saturated carbocycles. The highest BCUT2D eigenvalue weighted by Crippen LogP contribution is 2.60. The maximum Gasteiger partial charge on any atom is 0.226 e. The van der Waals surface area contributed by atoms with Crippen molar-refractivity contribution in [3.63, 3.8) is 0 Å². The fourth-order valence-electron chi connectivity index (χ4n) is 5.91. The molecular weight excluding hydrogens is 326 g/mol. The van der Waals surface area contributed by atoms with Crippen molar-refractivity contribution in [2.75, 3.05) is 6.54 Å². The van der Waals surface area contributed by atoms with Gasteiger partial charge in [-0.25, -0.2) is 4.98 Å². The first-order valence-electron chi connectivity index (χ1n) is 9.80. The largest absolute Gasteiger partial charge is 0.355 e. The monoisotopic (exact) mass is 351 g/mol. The Kier molecular flexibility index (Phi) is 3.80. The van der Waals surface area contributed by atoms with Crippen LogP contribution < -0.4 is 5.32 Å². The van der Waals surface area contributed by atoms with E-state index in [1.54, 1.807) is 12.4 Å². The van der Waals surface area contributed by atoms with E-state index in [0.29, 0.717) is 18.8 Å². The standard InChI is InChI=1S/C20H25N5O/c26-19(20-10-13-7-14(11-20)9-15(8-13)12-20)22-6-3-17-23-18(25-24-17)16-1-4-21-5-2-16/h1-2,4-5,13-15H,3,6-12H2,(H,22,26)(H,23,24,25). The summed E-state index contributed by atoms with van der Waals surface area (Å²) in [6.45, 7) is 0.617. The van der Waals surface area contributed by atoms with Gasteiger partial charge in [-0.05, 0) is 68.4 Å². The predicted octanol–water partition coefficient (Wildman–Crippen LogP) is 2.74. The maximum absolute atomic E-state index is 12.9. The number of aromatic amines is 1. The Labute approximate surface area is 153 Å². The molecule has 136 valence electrons. The van der Waals surface area contributed by atoms with Gasteiger partial charge in [0.1, 0.15) is 5.82 Å². The third-order valence-electron chi connectivity index (χ3n) is 6.64. The molecule has 4 aliphatic rings. The average Bonchev–Trinajstić information content (AvgIpc) is 3.10. The number of nitrogens with one attached hydrogen (secondary N) is 2. The van der Waals surface area contributed by atoms with E-state index in [1.807, 2.05) is 12.1 Å². The van der Waals surface area contributed by atoms with Gasteiger partial charge in [-0.15, -0.1) is 0 Å². The quantitative estimate of drug-likeness (QED) is 0.867. The van der Waals surface area contributed by atoms with Gasteiger partial charge >= 0.3 is 0 Å². The molecule has 6 nitrogen and oxygen atoms in total. The van der Waals surface area contributed by atoms with Crippen LogP contribution in [0.5, 0.6) is 0 Å². The molecule has 4 bridgehead atoms. The summed E-state index contributed by atoms with van der Waals surface area (Å²) >= 11 is 0. The van der Waals surface area contributed by atoms with Crippen LogP contribution >= 0.6 is 0 Å². The normalized spacial score (nSPS) is 31.9. The van der Waals surface area contributed by atoms with E-state index in [0.717, 1.165) is 48.4 Å². The summed E-state index contributed by atoms with van der Waals surface area (Å²) in [7, 11) is 0. The SMILES string of the molecule is O=C(NCCc1nc(-c2ccncc2)n[nH]1)C12CC3CC(CC(C3)C1)C2. The fourth-order valence-corrected chi connectivity index (χ4v) is 5.91. The Hall–Kier alpha value is -2.24. The molecule has 2 heterocycles. The molecule has 2 aromatic heterocycles. The minimum absolute atomic E-state index is 0.0711. The third kappa shape index (κ3) is 2.81. The van der Waals surface area contributed by atoms with Crippen LogP contribution in [0.2, 0.25) is 0 Å². The lowest BCUT2D eigenvalue weighted by Crippen LogP contribution is -2.53. The summed E-state index contributed by atoms with van der Waals surface area (Å²) in [6, 6.07) is 3.78. The lowest BCUT2D eigenvalue weighted by atomic mass is 9.49. The molecule has 0 spiro atoms. The van der Waals surface area contributed by atoms with Gasteiger partial charge in [0, 0.05) is 36.3 Å². The molecule has 6 heteroatoms. The van der Waals surface area contributed by atoms with Gasteiger partial charge in [0.2, 0.25) is 5.91 Å². The number of amides is 1. The van der Waals surface area contributed by atoms with Crippen LogP contribution in [0.1, 0.15) is 44.3 Å². The number of nitrogens with zero attached hydrogens (tertiary/aromatic N) is 3. The van der Waals surface area contributed by atoms with E-state index in [-0.39, 0.29) is 11.3 Å². The number of pyridine rings is 1. The van der Waals surface area contributed by atoms with Crippen LogP contribution in [0, 0.1) is 23.2 Å². The summed E-state index contributed by atoms with van der Waals surface area (Å²) in [5.74, 6) is 4.15.